The molecule has 2 saturated heterocycles. The summed E-state index contributed by atoms with van der Waals surface area (Å²) < 4.78 is 2.00. The summed E-state index contributed by atoms with van der Waals surface area (Å²) in [5.74, 6) is 3.43. The van der Waals surface area contributed by atoms with Gasteiger partial charge in [0, 0.05) is 39.3 Å². The Kier molecular flexibility index (Phi) is 9.10. The molecule has 2 unspecified atom stereocenters. The van der Waals surface area contributed by atoms with Gasteiger partial charge in [-0.25, -0.2) is 4.99 Å². The van der Waals surface area contributed by atoms with Crippen LogP contribution in [0.4, 0.5) is 0 Å². The summed E-state index contributed by atoms with van der Waals surface area (Å²) in [5.41, 5.74) is 1.42. The van der Waals surface area contributed by atoms with E-state index in [-0.39, 0.29) is 24.0 Å². The van der Waals surface area contributed by atoms with Crippen LogP contribution in [-0.4, -0.2) is 62.7 Å². The van der Waals surface area contributed by atoms with Gasteiger partial charge in [-0.1, -0.05) is 36.4 Å². The van der Waals surface area contributed by atoms with Gasteiger partial charge in [0.1, 0.15) is 12.4 Å². The number of benzene rings is 1. The third-order valence-electron chi connectivity index (χ3n) is 6.67. The lowest BCUT2D eigenvalue weighted by molar-refractivity contribution is 0.0372. The number of aliphatic imine (C=N–C) groups is 1. The molecule has 0 spiro atoms. The molecule has 1 N–H and O–H groups in total. The van der Waals surface area contributed by atoms with Crippen LogP contribution in [0.5, 0.6) is 0 Å². The number of aryl methyl sites for hydroxylation is 1. The Labute approximate surface area is 209 Å². The van der Waals surface area contributed by atoms with E-state index in [1.807, 2.05) is 24.6 Å². The summed E-state index contributed by atoms with van der Waals surface area (Å²) in [6.07, 6.45) is 5.63. The summed E-state index contributed by atoms with van der Waals surface area (Å²) in [5, 5.41) is 11.9. The molecule has 0 bridgehead atoms. The van der Waals surface area contributed by atoms with Gasteiger partial charge in [0.25, 0.3) is 0 Å². The van der Waals surface area contributed by atoms with Crippen LogP contribution in [0.1, 0.15) is 36.5 Å². The number of fused-ring (bicyclic) bond motifs is 1. The molecule has 1 aromatic heterocycles. The van der Waals surface area contributed by atoms with Crippen LogP contribution >= 0.6 is 24.0 Å². The second kappa shape index (κ2) is 11.8. The molecule has 0 radical (unpaired) electrons. The Morgan fingerprint density at radius 1 is 1.22 bits per heavy atom. The van der Waals surface area contributed by atoms with E-state index in [9.17, 15) is 0 Å². The Balaban J connectivity index is 0.00000289. The minimum absolute atomic E-state index is 0. The van der Waals surface area contributed by atoms with Crippen molar-refractivity contribution in [3.8, 4) is 0 Å². The number of aromatic nitrogens is 3. The van der Waals surface area contributed by atoms with Gasteiger partial charge in [-0.3, -0.25) is 4.90 Å². The summed E-state index contributed by atoms with van der Waals surface area (Å²) >= 11 is 0. The van der Waals surface area contributed by atoms with E-state index in [1.54, 1.807) is 0 Å². The minimum atomic E-state index is 0. The predicted molar refractivity (Wildman–Crippen MR) is 140 cm³/mol. The van der Waals surface area contributed by atoms with E-state index in [0.717, 1.165) is 37.2 Å². The fourth-order valence-corrected chi connectivity index (χ4v) is 4.88. The maximum absolute atomic E-state index is 4.90. The van der Waals surface area contributed by atoms with Gasteiger partial charge in [-0.2, -0.15) is 0 Å². The number of piperidine rings is 2. The Morgan fingerprint density at radius 2 is 2.03 bits per heavy atom. The quantitative estimate of drug-likeness (QED) is 0.259. The zero-order chi connectivity index (χ0) is 21.6. The highest BCUT2D eigenvalue weighted by molar-refractivity contribution is 14.0. The van der Waals surface area contributed by atoms with E-state index in [2.05, 4.69) is 62.2 Å². The maximum Gasteiger partial charge on any atom is 0.194 e. The molecule has 2 atom stereocenters. The van der Waals surface area contributed by atoms with E-state index >= 15 is 0 Å². The molecule has 7 nitrogen and oxygen atoms in total. The van der Waals surface area contributed by atoms with Gasteiger partial charge < -0.3 is 14.8 Å². The van der Waals surface area contributed by atoms with Crippen LogP contribution in [0.2, 0.25) is 0 Å². The maximum atomic E-state index is 4.90. The van der Waals surface area contributed by atoms with Crippen LogP contribution in [0.15, 0.2) is 48.0 Å². The molecule has 1 aromatic carbocycles. The van der Waals surface area contributed by atoms with Crippen molar-refractivity contribution < 1.29 is 0 Å². The highest BCUT2D eigenvalue weighted by Crippen LogP contribution is 2.31. The summed E-state index contributed by atoms with van der Waals surface area (Å²) in [6, 6.07) is 11.5. The van der Waals surface area contributed by atoms with Gasteiger partial charge in [0.05, 0.1) is 0 Å². The lowest BCUT2D eigenvalue weighted by Gasteiger charge is -2.48. The number of halogens is 1. The SMILES string of the molecule is C=CCNC(=NCc1nnc(C)n1C)N1CCC2C(CCCN2Cc2ccccc2)C1.I. The summed E-state index contributed by atoms with van der Waals surface area (Å²) in [6.45, 7) is 11.4. The molecule has 174 valence electrons. The number of guanidine groups is 1. The van der Waals surface area contributed by atoms with Crippen molar-refractivity contribution >= 4 is 29.9 Å². The largest absolute Gasteiger partial charge is 0.353 e. The number of nitrogens with zero attached hydrogens (tertiary/aromatic N) is 6. The highest BCUT2D eigenvalue weighted by Gasteiger charge is 2.36. The third-order valence-corrected chi connectivity index (χ3v) is 6.67. The first-order valence-electron chi connectivity index (χ1n) is 11.4. The van der Waals surface area contributed by atoms with Gasteiger partial charge in [-0.15, -0.1) is 40.8 Å². The predicted octanol–water partition coefficient (Wildman–Crippen LogP) is 3.36. The molecule has 2 fully saturated rings. The fraction of sp³-hybridized carbons (Fsp3) is 0.542. The van der Waals surface area contributed by atoms with Gasteiger partial charge in [0.2, 0.25) is 0 Å². The molecular formula is C24H36IN7. The Hall–Kier alpha value is -1.94. The van der Waals surface area contributed by atoms with Gasteiger partial charge in [0.15, 0.2) is 11.8 Å². The molecule has 0 aliphatic carbocycles. The minimum Gasteiger partial charge on any atom is -0.353 e. The van der Waals surface area contributed by atoms with Crippen LogP contribution in [0.25, 0.3) is 0 Å². The zero-order valence-electron chi connectivity index (χ0n) is 19.3. The highest BCUT2D eigenvalue weighted by atomic mass is 127. The van der Waals surface area contributed by atoms with Crippen molar-refractivity contribution in [1.82, 2.24) is 29.9 Å². The summed E-state index contributed by atoms with van der Waals surface area (Å²) in [7, 11) is 1.99. The summed E-state index contributed by atoms with van der Waals surface area (Å²) in [4.78, 5) is 10.0. The molecule has 3 heterocycles. The van der Waals surface area contributed by atoms with Crippen molar-refractivity contribution in [1.29, 1.82) is 0 Å². The normalized spacial score (nSPS) is 21.6. The lowest BCUT2D eigenvalue weighted by atomic mass is 9.83. The molecule has 8 heteroatoms. The molecule has 32 heavy (non-hydrogen) atoms. The second-order valence-electron chi connectivity index (χ2n) is 8.69. The van der Waals surface area contributed by atoms with Crippen LogP contribution in [-0.2, 0) is 20.1 Å². The van der Waals surface area contributed by atoms with Crippen molar-refractivity contribution in [3.63, 3.8) is 0 Å². The molecule has 0 saturated carbocycles. The lowest BCUT2D eigenvalue weighted by Crippen LogP contribution is -2.56. The molecule has 0 amide bonds. The average molecular weight is 550 g/mol. The number of likely N-dealkylation sites (tertiary alicyclic amines) is 2. The van der Waals surface area contributed by atoms with Crippen LogP contribution in [0.3, 0.4) is 0 Å². The molecule has 4 rings (SSSR count). The molecule has 2 aliphatic rings. The van der Waals surface area contributed by atoms with Crippen LogP contribution in [0, 0.1) is 12.8 Å². The first-order valence-corrected chi connectivity index (χ1v) is 11.4. The van der Waals surface area contributed by atoms with Gasteiger partial charge >= 0.3 is 0 Å². The number of hydrogen-bond acceptors (Lipinski definition) is 4. The topological polar surface area (TPSA) is 61.6 Å². The standard InChI is InChI=1S/C24H35N7.HI/c1-4-13-25-24(26-16-23-28-27-19(2)29(23)3)31-15-12-22-21(18-31)11-8-14-30(22)17-20-9-6-5-7-10-20;/h4-7,9-10,21-22H,1,8,11-18H2,2-3H3,(H,25,26);1H. The van der Waals surface area contributed by atoms with Crippen molar-refractivity contribution in [2.75, 3.05) is 26.2 Å². The first-order chi connectivity index (χ1) is 15.2. The van der Waals surface area contributed by atoms with Crippen molar-refractivity contribution in [2.24, 2.45) is 18.0 Å². The number of nitrogens with one attached hydrogen (secondary N) is 1. The molecule has 2 aliphatic heterocycles. The molecule has 2 aromatic rings. The smallest absolute Gasteiger partial charge is 0.194 e. The zero-order valence-corrected chi connectivity index (χ0v) is 21.6. The number of hydrogen-bond donors (Lipinski definition) is 1. The fourth-order valence-electron chi connectivity index (χ4n) is 4.88. The van der Waals surface area contributed by atoms with Crippen molar-refractivity contribution in [2.45, 2.75) is 45.3 Å². The monoisotopic (exact) mass is 549 g/mol. The second-order valence-corrected chi connectivity index (χ2v) is 8.69. The third kappa shape index (κ3) is 5.89. The van der Waals surface area contributed by atoms with E-state index in [4.69, 9.17) is 4.99 Å². The van der Waals surface area contributed by atoms with E-state index in [1.165, 1.54) is 31.4 Å². The number of rotatable bonds is 6. The first kappa shape index (κ1) is 24.7. The Morgan fingerprint density at radius 3 is 2.75 bits per heavy atom. The molecular weight excluding hydrogens is 513 g/mol. The average Bonchev–Trinajstić information content (AvgIpc) is 3.12. The van der Waals surface area contributed by atoms with Crippen LogP contribution < -0.4 is 5.32 Å². The Bertz CT molecular complexity index is 895. The van der Waals surface area contributed by atoms with Gasteiger partial charge in [-0.05, 0) is 44.2 Å². The van der Waals surface area contributed by atoms with E-state index < -0.39 is 0 Å². The van der Waals surface area contributed by atoms with E-state index in [0.29, 0.717) is 25.0 Å². The van der Waals surface area contributed by atoms with Crippen molar-refractivity contribution in [3.05, 3.63) is 60.2 Å².